The standard InChI is InChI=1S/C20H24N2O3S/c1-3-16-8-10-19(11-9-16)22(26(2,24)25)15-20(23)21-13-12-17-6-4-5-7-18(17)14-21/h4-11H,3,12-15H2,1-2H3. The molecule has 0 aliphatic carbocycles. The lowest BCUT2D eigenvalue weighted by Crippen LogP contribution is -2.44. The first-order valence-corrected chi connectivity index (χ1v) is 10.6. The summed E-state index contributed by atoms with van der Waals surface area (Å²) in [4.78, 5) is 14.5. The largest absolute Gasteiger partial charge is 0.336 e. The number of benzene rings is 2. The molecular weight excluding hydrogens is 348 g/mol. The zero-order valence-electron chi connectivity index (χ0n) is 15.2. The summed E-state index contributed by atoms with van der Waals surface area (Å²) in [6, 6.07) is 15.4. The second kappa shape index (κ2) is 7.50. The molecule has 0 saturated carbocycles. The monoisotopic (exact) mass is 372 g/mol. The molecule has 1 amide bonds. The summed E-state index contributed by atoms with van der Waals surface area (Å²) >= 11 is 0. The topological polar surface area (TPSA) is 57.7 Å². The number of anilines is 1. The van der Waals surface area contributed by atoms with Crippen LogP contribution in [0.3, 0.4) is 0 Å². The van der Waals surface area contributed by atoms with Gasteiger partial charge in [0.05, 0.1) is 11.9 Å². The van der Waals surface area contributed by atoms with Gasteiger partial charge in [-0.2, -0.15) is 0 Å². The van der Waals surface area contributed by atoms with Crippen LogP contribution in [0.1, 0.15) is 23.6 Å². The van der Waals surface area contributed by atoms with Gasteiger partial charge in [-0.05, 0) is 41.7 Å². The Morgan fingerprint density at radius 1 is 1.08 bits per heavy atom. The van der Waals surface area contributed by atoms with Crippen LogP contribution < -0.4 is 4.31 Å². The molecule has 0 fully saturated rings. The van der Waals surface area contributed by atoms with Crippen LogP contribution in [0, 0.1) is 0 Å². The lowest BCUT2D eigenvalue weighted by Gasteiger charge is -2.31. The van der Waals surface area contributed by atoms with Crippen molar-refractivity contribution in [2.45, 2.75) is 26.3 Å². The van der Waals surface area contributed by atoms with Gasteiger partial charge in [0.15, 0.2) is 0 Å². The maximum Gasteiger partial charge on any atom is 0.243 e. The van der Waals surface area contributed by atoms with E-state index in [0.717, 1.165) is 30.2 Å². The number of nitrogens with zero attached hydrogens (tertiary/aromatic N) is 2. The van der Waals surface area contributed by atoms with E-state index < -0.39 is 10.0 Å². The second-order valence-electron chi connectivity index (χ2n) is 6.62. The zero-order valence-corrected chi connectivity index (χ0v) is 16.0. The van der Waals surface area contributed by atoms with Gasteiger partial charge in [-0.15, -0.1) is 0 Å². The van der Waals surface area contributed by atoms with E-state index in [0.29, 0.717) is 18.8 Å². The maximum absolute atomic E-state index is 12.8. The molecular formula is C20H24N2O3S. The van der Waals surface area contributed by atoms with Crippen LogP contribution in [0.5, 0.6) is 0 Å². The summed E-state index contributed by atoms with van der Waals surface area (Å²) in [5.41, 5.74) is 4.04. The van der Waals surface area contributed by atoms with Gasteiger partial charge in [0.2, 0.25) is 15.9 Å². The van der Waals surface area contributed by atoms with Crippen molar-refractivity contribution < 1.29 is 13.2 Å². The predicted octanol–water partition coefficient (Wildman–Crippen LogP) is 2.60. The fourth-order valence-corrected chi connectivity index (χ4v) is 4.08. The average molecular weight is 372 g/mol. The molecule has 5 nitrogen and oxygen atoms in total. The van der Waals surface area contributed by atoms with Crippen molar-refractivity contribution >= 4 is 21.6 Å². The average Bonchev–Trinajstić information content (AvgIpc) is 2.64. The Hall–Kier alpha value is -2.34. The highest BCUT2D eigenvalue weighted by Gasteiger charge is 2.26. The third kappa shape index (κ3) is 4.07. The van der Waals surface area contributed by atoms with E-state index in [1.165, 1.54) is 9.87 Å². The molecule has 138 valence electrons. The number of rotatable bonds is 5. The number of hydrogen-bond donors (Lipinski definition) is 0. The molecule has 0 unspecified atom stereocenters. The minimum Gasteiger partial charge on any atom is -0.336 e. The highest BCUT2D eigenvalue weighted by Crippen LogP contribution is 2.21. The van der Waals surface area contributed by atoms with Gasteiger partial charge in [-0.3, -0.25) is 9.10 Å². The number of amides is 1. The third-order valence-corrected chi connectivity index (χ3v) is 5.94. The van der Waals surface area contributed by atoms with Gasteiger partial charge in [-0.25, -0.2) is 8.42 Å². The Balaban J connectivity index is 1.78. The maximum atomic E-state index is 12.8. The molecule has 0 atom stereocenters. The lowest BCUT2D eigenvalue weighted by atomic mass is 10.00. The van der Waals surface area contributed by atoms with Crippen molar-refractivity contribution in [1.82, 2.24) is 4.90 Å². The van der Waals surface area contributed by atoms with Crippen molar-refractivity contribution in [3.05, 3.63) is 65.2 Å². The van der Waals surface area contributed by atoms with E-state index in [9.17, 15) is 13.2 Å². The number of aryl methyl sites for hydroxylation is 1. The van der Waals surface area contributed by atoms with Gasteiger partial charge < -0.3 is 4.90 Å². The fourth-order valence-electron chi connectivity index (χ4n) is 3.23. The van der Waals surface area contributed by atoms with Gasteiger partial charge in [0, 0.05) is 13.1 Å². The summed E-state index contributed by atoms with van der Waals surface area (Å²) in [6.45, 7) is 3.01. The quantitative estimate of drug-likeness (QED) is 0.811. The number of carbonyl (C=O) groups excluding carboxylic acids is 1. The summed E-state index contributed by atoms with van der Waals surface area (Å²) in [5.74, 6) is -0.176. The normalized spacial score (nSPS) is 14.0. The predicted molar refractivity (Wildman–Crippen MR) is 104 cm³/mol. The molecule has 26 heavy (non-hydrogen) atoms. The third-order valence-electron chi connectivity index (χ3n) is 4.80. The van der Waals surface area contributed by atoms with Crippen LogP contribution in [0.25, 0.3) is 0 Å². The van der Waals surface area contributed by atoms with Gasteiger partial charge in [-0.1, -0.05) is 43.3 Å². The first kappa shape index (κ1) is 18.5. The highest BCUT2D eigenvalue weighted by atomic mass is 32.2. The molecule has 0 bridgehead atoms. The van der Waals surface area contributed by atoms with Crippen LogP contribution in [0.2, 0.25) is 0 Å². The molecule has 0 aromatic heterocycles. The smallest absolute Gasteiger partial charge is 0.243 e. The Morgan fingerprint density at radius 3 is 2.35 bits per heavy atom. The highest BCUT2D eigenvalue weighted by molar-refractivity contribution is 7.92. The van der Waals surface area contributed by atoms with Crippen molar-refractivity contribution in [3.8, 4) is 0 Å². The molecule has 1 heterocycles. The van der Waals surface area contributed by atoms with Crippen molar-refractivity contribution in [2.24, 2.45) is 0 Å². The summed E-state index contributed by atoms with van der Waals surface area (Å²) in [5, 5.41) is 0. The minimum absolute atomic E-state index is 0.174. The minimum atomic E-state index is -3.55. The summed E-state index contributed by atoms with van der Waals surface area (Å²) < 4.78 is 25.7. The molecule has 1 aliphatic rings. The van der Waals surface area contributed by atoms with Crippen LogP contribution >= 0.6 is 0 Å². The van der Waals surface area contributed by atoms with E-state index in [2.05, 4.69) is 6.07 Å². The van der Waals surface area contributed by atoms with Crippen LogP contribution in [0.4, 0.5) is 5.69 Å². The summed E-state index contributed by atoms with van der Waals surface area (Å²) in [6.07, 6.45) is 2.82. The Morgan fingerprint density at radius 2 is 1.73 bits per heavy atom. The zero-order chi connectivity index (χ0) is 18.7. The fraction of sp³-hybridized carbons (Fsp3) is 0.350. The molecule has 2 aromatic rings. The molecule has 0 N–H and O–H groups in total. The first-order chi connectivity index (χ1) is 12.4. The van der Waals surface area contributed by atoms with Crippen molar-refractivity contribution in [3.63, 3.8) is 0 Å². The Labute approximate surface area is 155 Å². The van der Waals surface area contributed by atoms with E-state index >= 15 is 0 Å². The summed E-state index contributed by atoms with van der Waals surface area (Å²) in [7, 11) is -3.55. The van der Waals surface area contributed by atoms with Crippen LogP contribution in [0.15, 0.2) is 48.5 Å². The number of carbonyl (C=O) groups is 1. The van der Waals surface area contributed by atoms with E-state index in [4.69, 9.17) is 0 Å². The van der Waals surface area contributed by atoms with Crippen molar-refractivity contribution in [2.75, 3.05) is 23.7 Å². The Kier molecular flexibility index (Phi) is 5.32. The van der Waals surface area contributed by atoms with Gasteiger partial charge in [0.1, 0.15) is 6.54 Å². The molecule has 1 aliphatic heterocycles. The molecule has 0 saturated heterocycles. The molecule has 2 aromatic carbocycles. The Bertz CT molecular complexity index is 892. The van der Waals surface area contributed by atoms with Gasteiger partial charge >= 0.3 is 0 Å². The lowest BCUT2D eigenvalue weighted by molar-refractivity contribution is -0.130. The van der Waals surface area contributed by atoms with E-state index in [1.54, 1.807) is 17.0 Å². The number of fused-ring (bicyclic) bond motifs is 1. The molecule has 3 rings (SSSR count). The second-order valence-corrected chi connectivity index (χ2v) is 8.53. The van der Waals surface area contributed by atoms with Crippen LogP contribution in [-0.4, -0.2) is 38.6 Å². The number of hydrogen-bond acceptors (Lipinski definition) is 3. The molecule has 6 heteroatoms. The number of sulfonamides is 1. The van der Waals surface area contributed by atoms with E-state index in [1.807, 2.05) is 37.3 Å². The molecule has 0 radical (unpaired) electrons. The molecule has 0 spiro atoms. The van der Waals surface area contributed by atoms with Gasteiger partial charge in [0.25, 0.3) is 0 Å². The van der Waals surface area contributed by atoms with Crippen LogP contribution in [-0.2, 0) is 34.2 Å². The van der Waals surface area contributed by atoms with Crippen molar-refractivity contribution in [1.29, 1.82) is 0 Å². The SMILES string of the molecule is CCc1ccc(N(CC(=O)N2CCc3ccccc3C2)S(C)(=O)=O)cc1. The van der Waals surface area contributed by atoms with E-state index in [-0.39, 0.29) is 12.5 Å². The first-order valence-electron chi connectivity index (χ1n) is 8.79.